The van der Waals surface area contributed by atoms with Crippen LogP contribution in [0.2, 0.25) is 0 Å². The summed E-state index contributed by atoms with van der Waals surface area (Å²) in [5, 5.41) is 8.94. The molecule has 0 heterocycles. The maximum absolute atomic E-state index is 11.3. The molecule has 2 N–H and O–H groups in total. The van der Waals surface area contributed by atoms with Crippen LogP contribution >= 0.6 is 0 Å². The molecule has 0 atom stereocenters. The van der Waals surface area contributed by atoms with Crippen molar-refractivity contribution in [3.63, 3.8) is 0 Å². The van der Waals surface area contributed by atoms with Crippen molar-refractivity contribution in [2.75, 3.05) is 12.8 Å². The Hall–Kier alpha value is -3.06. The molecule has 0 spiro atoms. The van der Waals surface area contributed by atoms with Gasteiger partial charge >= 0.3 is 5.97 Å². The van der Waals surface area contributed by atoms with Gasteiger partial charge in [-0.2, -0.15) is 5.26 Å². The van der Waals surface area contributed by atoms with Crippen molar-refractivity contribution >= 4 is 23.8 Å². The van der Waals surface area contributed by atoms with Crippen LogP contribution in [0.25, 0.3) is 12.2 Å². The molecule has 0 saturated carbocycles. The summed E-state index contributed by atoms with van der Waals surface area (Å²) in [6.07, 6.45) is 3.78. The number of rotatable bonds is 3. The van der Waals surface area contributed by atoms with Crippen molar-refractivity contribution in [3.8, 4) is 6.07 Å². The summed E-state index contributed by atoms with van der Waals surface area (Å²) in [5.74, 6) is -0.359. The molecule has 0 saturated heterocycles. The van der Waals surface area contributed by atoms with Gasteiger partial charge in [-0.25, -0.2) is 4.79 Å². The minimum atomic E-state index is -0.359. The average Bonchev–Trinajstić information content (AvgIpc) is 2.53. The smallest absolute Gasteiger partial charge is 0.337 e. The van der Waals surface area contributed by atoms with Gasteiger partial charge in [-0.15, -0.1) is 0 Å². The van der Waals surface area contributed by atoms with Crippen LogP contribution in [-0.4, -0.2) is 13.1 Å². The van der Waals surface area contributed by atoms with Crippen molar-refractivity contribution in [1.82, 2.24) is 0 Å². The number of nitrogens with zero attached hydrogens (tertiary/aromatic N) is 1. The summed E-state index contributed by atoms with van der Waals surface area (Å²) in [5.41, 5.74) is 8.94. The lowest BCUT2D eigenvalue weighted by Crippen LogP contribution is -2.00. The van der Waals surface area contributed by atoms with E-state index in [2.05, 4.69) is 4.74 Å². The third-order valence-corrected chi connectivity index (χ3v) is 3.00. The van der Waals surface area contributed by atoms with Crippen molar-refractivity contribution in [2.45, 2.75) is 0 Å². The molecule has 0 fully saturated rings. The quantitative estimate of drug-likeness (QED) is 0.531. The maximum atomic E-state index is 11.3. The van der Waals surface area contributed by atoms with Crippen LogP contribution in [0.15, 0.2) is 42.5 Å². The van der Waals surface area contributed by atoms with E-state index in [1.54, 1.807) is 24.3 Å². The lowest BCUT2D eigenvalue weighted by atomic mass is 10.1. The van der Waals surface area contributed by atoms with Crippen LogP contribution < -0.4 is 5.73 Å². The third kappa shape index (κ3) is 3.48. The molecule has 21 heavy (non-hydrogen) atoms. The molecule has 0 amide bonds. The Bertz CT molecular complexity index is 725. The molecule has 0 radical (unpaired) electrons. The second-order valence-corrected chi connectivity index (χ2v) is 4.41. The first-order valence-corrected chi connectivity index (χ1v) is 6.30. The Balaban J connectivity index is 2.18. The number of hydrogen-bond donors (Lipinski definition) is 1. The van der Waals surface area contributed by atoms with Gasteiger partial charge in [-0.1, -0.05) is 30.4 Å². The van der Waals surface area contributed by atoms with Gasteiger partial charge in [0.25, 0.3) is 0 Å². The van der Waals surface area contributed by atoms with E-state index in [0.717, 1.165) is 11.1 Å². The third-order valence-electron chi connectivity index (χ3n) is 3.00. The first-order valence-electron chi connectivity index (χ1n) is 6.30. The van der Waals surface area contributed by atoms with Crippen LogP contribution in [0.1, 0.15) is 27.0 Å². The Morgan fingerprint density at radius 1 is 1.14 bits per heavy atom. The van der Waals surface area contributed by atoms with Gasteiger partial charge < -0.3 is 10.5 Å². The lowest BCUT2D eigenvalue weighted by Gasteiger charge is -2.00. The average molecular weight is 278 g/mol. The molecule has 2 aromatic carbocycles. The normalized spacial score (nSPS) is 10.3. The molecule has 4 heteroatoms. The molecule has 104 valence electrons. The number of ether oxygens (including phenoxy) is 1. The number of anilines is 1. The number of carbonyl (C=O) groups is 1. The van der Waals surface area contributed by atoms with Crippen molar-refractivity contribution in [1.29, 1.82) is 5.26 Å². The summed E-state index contributed by atoms with van der Waals surface area (Å²) < 4.78 is 4.64. The van der Waals surface area contributed by atoms with E-state index in [9.17, 15) is 4.79 Å². The second kappa shape index (κ2) is 6.40. The Labute approximate surface area is 123 Å². The fraction of sp³-hybridized carbons (Fsp3) is 0.0588. The van der Waals surface area contributed by atoms with Crippen LogP contribution in [0, 0.1) is 11.3 Å². The summed E-state index contributed by atoms with van der Waals surface area (Å²) in [6.45, 7) is 0. The monoisotopic (exact) mass is 278 g/mol. The standard InChI is InChI=1S/C17H14N2O2/c1-21-17(20)14-7-4-12(5-8-14)2-3-13-6-9-16(19)15(10-13)11-18/h2-10H,19H2,1H3. The van der Waals surface area contributed by atoms with Crippen molar-refractivity contribution in [3.05, 3.63) is 64.7 Å². The molecule has 0 unspecified atom stereocenters. The van der Waals surface area contributed by atoms with E-state index in [1.807, 2.05) is 36.4 Å². The highest BCUT2D eigenvalue weighted by molar-refractivity contribution is 5.89. The van der Waals surface area contributed by atoms with E-state index >= 15 is 0 Å². The number of nitriles is 1. The highest BCUT2D eigenvalue weighted by Crippen LogP contribution is 2.16. The number of esters is 1. The number of nitrogen functional groups attached to an aromatic ring is 1. The first kappa shape index (κ1) is 14.4. The largest absolute Gasteiger partial charge is 0.465 e. The maximum Gasteiger partial charge on any atom is 0.337 e. The van der Waals surface area contributed by atoms with Crippen molar-refractivity contribution < 1.29 is 9.53 Å². The van der Waals surface area contributed by atoms with Crippen LogP contribution in [0.5, 0.6) is 0 Å². The molecule has 0 aromatic heterocycles. The van der Waals surface area contributed by atoms with Gasteiger partial charge in [0.1, 0.15) is 6.07 Å². The minimum Gasteiger partial charge on any atom is -0.465 e. The molecule has 4 nitrogen and oxygen atoms in total. The molecular formula is C17H14N2O2. The zero-order valence-corrected chi connectivity index (χ0v) is 11.5. The summed E-state index contributed by atoms with van der Waals surface area (Å²) in [6, 6.07) is 14.4. The Morgan fingerprint density at radius 2 is 1.76 bits per heavy atom. The Morgan fingerprint density at radius 3 is 2.38 bits per heavy atom. The highest BCUT2D eigenvalue weighted by atomic mass is 16.5. The topological polar surface area (TPSA) is 76.1 Å². The van der Waals surface area contributed by atoms with E-state index < -0.39 is 0 Å². The van der Waals surface area contributed by atoms with Gasteiger partial charge in [0.15, 0.2) is 0 Å². The zero-order chi connectivity index (χ0) is 15.2. The van der Waals surface area contributed by atoms with Crippen LogP contribution in [0.3, 0.4) is 0 Å². The second-order valence-electron chi connectivity index (χ2n) is 4.41. The van der Waals surface area contributed by atoms with E-state index in [1.165, 1.54) is 7.11 Å². The SMILES string of the molecule is COC(=O)c1ccc(C=Cc2ccc(N)c(C#N)c2)cc1. The number of benzene rings is 2. The van der Waals surface area contributed by atoms with E-state index in [0.29, 0.717) is 16.8 Å². The van der Waals surface area contributed by atoms with E-state index in [-0.39, 0.29) is 5.97 Å². The van der Waals surface area contributed by atoms with Gasteiger partial charge in [-0.05, 0) is 35.4 Å². The van der Waals surface area contributed by atoms with Crippen LogP contribution in [0.4, 0.5) is 5.69 Å². The summed E-state index contributed by atoms with van der Waals surface area (Å²) >= 11 is 0. The number of carbonyl (C=O) groups excluding carboxylic acids is 1. The lowest BCUT2D eigenvalue weighted by molar-refractivity contribution is 0.0601. The molecule has 2 aromatic rings. The molecule has 2 rings (SSSR count). The highest BCUT2D eigenvalue weighted by Gasteiger charge is 2.03. The number of methoxy groups -OCH3 is 1. The summed E-state index contributed by atoms with van der Waals surface area (Å²) in [7, 11) is 1.35. The Kier molecular flexibility index (Phi) is 4.37. The predicted octanol–water partition coefficient (Wildman–Crippen LogP) is 3.10. The van der Waals surface area contributed by atoms with Gasteiger partial charge in [0.05, 0.1) is 18.2 Å². The minimum absolute atomic E-state index is 0.359. The molecule has 0 bridgehead atoms. The molecule has 0 aliphatic rings. The first-order chi connectivity index (χ1) is 10.1. The number of nitrogens with two attached hydrogens (primary N) is 1. The molecule has 0 aliphatic heterocycles. The molecular weight excluding hydrogens is 264 g/mol. The predicted molar refractivity (Wildman–Crippen MR) is 82.3 cm³/mol. The van der Waals surface area contributed by atoms with Gasteiger partial charge in [0, 0.05) is 5.69 Å². The fourth-order valence-corrected chi connectivity index (χ4v) is 1.82. The number of hydrogen-bond acceptors (Lipinski definition) is 4. The van der Waals surface area contributed by atoms with Crippen LogP contribution in [-0.2, 0) is 4.74 Å². The van der Waals surface area contributed by atoms with E-state index in [4.69, 9.17) is 11.0 Å². The molecule has 0 aliphatic carbocycles. The summed E-state index contributed by atoms with van der Waals surface area (Å²) in [4.78, 5) is 11.3. The zero-order valence-electron chi connectivity index (χ0n) is 11.5. The van der Waals surface area contributed by atoms with Crippen molar-refractivity contribution in [2.24, 2.45) is 0 Å². The fourth-order valence-electron chi connectivity index (χ4n) is 1.82. The van der Waals surface area contributed by atoms with Gasteiger partial charge in [-0.3, -0.25) is 0 Å². The van der Waals surface area contributed by atoms with Gasteiger partial charge in [0.2, 0.25) is 0 Å².